The number of benzene rings is 1. The SMILES string of the molecule is O=C(NCC1CCC1)c1ccn(COc2c(Cl)cccc2Cl)n1. The summed E-state index contributed by atoms with van der Waals surface area (Å²) in [6, 6.07) is 6.81. The predicted octanol–water partition coefficient (Wildman–Crippen LogP) is 3.76. The van der Waals surface area contributed by atoms with Crippen molar-refractivity contribution < 1.29 is 9.53 Å². The maximum Gasteiger partial charge on any atom is 0.271 e. The molecule has 1 N–H and O–H groups in total. The minimum Gasteiger partial charge on any atom is -0.468 e. The van der Waals surface area contributed by atoms with Crippen molar-refractivity contribution in [3.05, 3.63) is 46.2 Å². The molecule has 2 aromatic rings. The van der Waals surface area contributed by atoms with Crippen LogP contribution in [-0.2, 0) is 6.73 Å². The Balaban J connectivity index is 1.55. The number of nitrogens with one attached hydrogen (secondary N) is 1. The summed E-state index contributed by atoms with van der Waals surface area (Å²) in [5, 5.41) is 7.98. The Morgan fingerprint density at radius 3 is 2.70 bits per heavy atom. The molecule has 1 aliphatic rings. The summed E-state index contributed by atoms with van der Waals surface area (Å²) in [6.07, 6.45) is 5.34. The number of hydrogen-bond donors (Lipinski definition) is 1. The molecule has 0 saturated heterocycles. The third-order valence-electron chi connectivity index (χ3n) is 3.91. The summed E-state index contributed by atoms with van der Waals surface area (Å²) >= 11 is 12.1. The summed E-state index contributed by atoms with van der Waals surface area (Å²) in [6.45, 7) is 0.844. The minimum atomic E-state index is -0.161. The van der Waals surface area contributed by atoms with E-state index in [-0.39, 0.29) is 12.6 Å². The fraction of sp³-hybridized carbons (Fsp3) is 0.375. The van der Waals surface area contributed by atoms with Crippen LogP contribution in [0.25, 0.3) is 0 Å². The molecule has 0 radical (unpaired) electrons. The highest BCUT2D eigenvalue weighted by Crippen LogP contribution is 2.32. The highest BCUT2D eigenvalue weighted by molar-refractivity contribution is 6.37. The van der Waals surface area contributed by atoms with Gasteiger partial charge in [0.2, 0.25) is 0 Å². The van der Waals surface area contributed by atoms with Crippen molar-refractivity contribution in [3.8, 4) is 5.75 Å². The predicted molar refractivity (Wildman–Crippen MR) is 89.0 cm³/mol. The average Bonchev–Trinajstić information content (AvgIpc) is 2.94. The Morgan fingerprint density at radius 1 is 1.30 bits per heavy atom. The number of carbonyl (C=O) groups excluding carboxylic acids is 1. The number of rotatable bonds is 6. The van der Waals surface area contributed by atoms with Crippen molar-refractivity contribution >= 4 is 29.1 Å². The van der Waals surface area contributed by atoms with Crippen molar-refractivity contribution in [2.45, 2.75) is 26.0 Å². The first kappa shape index (κ1) is 16.1. The van der Waals surface area contributed by atoms with Gasteiger partial charge in [-0.2, -0.15) is 5.10 Å². The zero-order valence-corrected chi connectivity index (χ0v) is 14.0. The molecule has 5 nitrogen and oxygen atoms in total. The van der Waals surface area contributed by atoms with Gasteiger partial charge in [-0.05, 0) is 37.0 Å². The van der Waals surface area contributed by atoms with E-state index >= 15 is 0 Å². The monoisotopic (exact) mass is 353 g/mol. The fourth-order valence-electron chi connectivity index (χ4n) is 2.33. The van der Waals surface area contributed by atoms with Crippen LogP contribution in [0.4, 0.5) is 0 Å². The van der Waals surface area contributed by atoms with Crippen LogP contribution in [0.2, 0.25) is 10.0 Å². The summed E-state index contributed by atoms with van der Waals surface area (Å²) in [5.74, 6) is 0.862. The second-order valence-electron chi connectivity index (χ2n) is 5.57. The first-order valence-corrected chi connectivity index (χ1v) is 8.27. The van der Waals surface area contributed by atoms with E-state index in [9.17, 15) is 4.79 Å². The van der Waals surface area contributed by atoms with Gasteiger partial charge in [0.1, 0.15) is 5.69 Å². The lowest BCUT2D eigenvalue weighted by Crippen LogP contribution is -2.32. The van der Waals surface area contributed by atoms with Crippen molar-refractivity contribution in [1.29, 1.82) is 0 Å². The molecule has 1 aliphatic carbocycles. The number of nitrogens with zero attached hydrogens (tertiary/aromatic N) is 2. The summed E-state index contributed by atoms with van der Waals surface area (Å²) in [5.41, 5.74) is 0.373. The number of ether oxygens (including phenoxy) is 1. The topological polar surface area (TPSA) is 56.2 Å². The summed E-state index contributed by atoms with van der Waals surface area (Å²) in [7, 11) is 0. The number of para-hydroxylation sites is 1. The molecule has 1 aromatic heterocycles. The van der Waals surface area contributed by atoms with E-state index in [0.29, 0.717) is 27.4 Å². The van der Waals surface area contributed by atoms with Crippen LogP contribution in [0, 0.1) is 5.92 Å². The van der Waals surface area contributed by atoms with Gasteiger partial charge in [0.05, 0.1) is 10.0 Å². The van der Waals surface area contributed by atoms with Crippen LogP contribution in [0.3, 0.4) is 0 Å². The van der Waals surface area contributed by atoms with Crippen LogP contribution < -0.4 is 10.1 Å². The molecule has 0 aliphatic heterocycles. The Labute approximate surface area is 144 Å². The number of amides is 1. The van der Waals surface area contributed by atoms with Crippen molar-refractivity contribution in [3.63, 3.8) is 0 Å². The summed E-state index contributed by atoms with van der Waals surface area (Å²) in [4.78, 5) is 12.0. The Morgan fingerprint density at radius 2 is 2.04 bits per heavy atom. The third kappa shape index (κ3) is 3.98. The molecule has 0 spiro atoms. The molecule has 7 heteroatoms. The van der Waals surface area contributed by atoms with E-state index in [1.165, 1.54) is 23.9 Å². The van der Waals surface area contributed by atoms with Gasteiger partial charge in [0, 0.05) is 12.7 Å². The molecule has 0 bridgehead atoms. The quantitative estimate of drug-likeness (QED) is 0.860. The summed E-state index contributed by atoms with van der Waals surface area (Å²) < 4.78 is 7.10. The maximum absolute atomic E-state index is 12.0. The Bertz CT molecular complexity index is 678. The van der Waals surface area contributed by atoms with Gasteiger partial charge in [-0.3, -0.25) is 4.79 Å². The molecule has 122 valence electrons. The number of hydrogen-bond acceptors (Lipinski definition) is 3. The van der Waals surface area contributed by atoms with E-state index in [0.717, 1.165) is 6.54 Å². The van der Waals surface area contributed by atoms with Crippen LogP contribution in [0.5, 0.6) is 5.75 Å². The van der Waals surface area contributed by atoms with Crippen LogP contribution in [0.15, 0.2) is 30.5 Å². The third-order valence-corrected chi connectivity index (χ3v) is 4.50. The van der Waals surface area contributed by atoms with Crippen molar-refractivity contribution in [2.75, 3.05) is 6.54 Å². The molecule has 0 atom stereocenters. The standard InChI is InChI=1S/C16H17Cl2N3O2/c17-12-5-2-6-13(18)15(12)23-10-21-8-7-14(20-21)16(22)19-9-11-3-1-4-11/h2,5-8,11H,1,3-4,9-10H2,(H,19,22). The molecule has 3 rings (SSSR count). The lowest BCUT2D eigenvalue weighted by atomic mass is 9.85. The first-order chi connectivity index (χ1) is 11.1. The van der Waals surface area contributed by atoms with Crippen molar-refractivity contribution in [2.24, 2.45) is 5.92 Å². The molecule has 1 amide bonds. The zero-order chi connectivity index (χ0) is 16.2. The molecule has 0 unspecified atom stereocenters. The first-order valence-electron chi connectivity index (χ1n) is 7.52. The fourth-order valence-corrected chi connectivity index (χ4v) is 2.84. The van der Waals surface area contributed by atoms with E-state index < -0.39 is 0 Å². The Hall–Kier alpha value is -1.72. The van der Waals surface area contributed by atoms with Crippen LogP contribution >= 0.6 is 23.2 Å². The highest BCUT2D eigenvalue weighted by atomic mass is 35.5. The van der Waals surface area contributed by atoms with E-state index in [2.05, 4.69) is 10.4 Å². The molecular formula is C16H17Cl2N3O2. The van der Waals surface area contributed by atoms with Gasteiger partial charge >= 0.3 is 0 Å². The average molecular weight is 354 g/mol. The van der Waals surface area contributed by atoms with Gasteiger partial charge in [-0.15, -0.1) is 0 Å². The zero-order valence-electron chi connectivity index (χ0n) is 12.5. The highest BCUT2D eigenvalue weighted by Gasteiger charge is 2.19. The normalized spacial score (nSPS) is 14.3. The van der Waals surface area contributed by atoms with Crippen LogP contribution in [0.1, 0.15) is 29.8 Å². The molecule has 1 aromatic carbocycles. The number of carbonyl (C=O) groups is 1. The van der Waals surface area contributed by atoms with Gasteiger partial charge in [0.25, 0.3) is 5.91 Å². The van der Waals surface area contributed by atoms with Gasteiger partial charge in [-0.1, -0.05) is 35.7 Å². The molecule has 1 heterocycles. The maximum atomic E-state index is 12.0. The van der Waals surface area contributed by atoms with Crippen LogP contribution in [-0.4, -0.2) is 22.2 Å². The van der Waals surface area contributed by atoms with Gasteiger partial charge in [0.15, 0.2) is 12.5 Å². The smallest absolute Gasteiger partial charge is 0.271 e. The molecule has 1 fully saturated rings. The lowest BCUT2D eigenvalue weighted by molar-refractivity contribution is 0.0932. The molecule has 1 saturated carbocycles. The minimum absolute atomic E-state index is 0.124. The van der Waals surface area contributed by atoms with Gasteiger partial charge in [-0.25, -0.2) is 4.68 Å². The van der Waals surface area contributed by atoms with E-state index in [1.807, 2.05) is 0 Å². The largest absolute Gasteiger partial charge is 0.468 e. The second kappa shape index (κ2) is 7.23. The number of aromatic nitrogens is 2. The molecular weight excluding hydrogens is 337 g/mol. The number of halogens is 2. The molecule has 23 heavy (non-hydrogen) atoms. The van der Waals surface area contributed by atoms with Gasteiger partial charge < -0.3 is 10.1 Å². The van der Waals surface area contributed by atoms with E-state index in [4.69, 9.17) is 27.9 Å². The van der Waals surface area contributed by atoms with E-state index in [1.54, 1.807) is 30.5 Å². The Kier molecular flexibility index (Phi) is 5.08. The second-order valence-corrected chi connectivity index (χ2v) is 6.39. The lowest BCUT2D eigenvalue weighted by Gasteiger charge is -2.25. The van der Waals surface area contributed by atoms with Crippen molar-refractivity contribution in [1.82, 2.24) is 15.1 Å².